The Morgan fingerprint density at radius 1 is 0.500 bits per heavy atom. The molecule has 1 nitrogen and oxygen atoms in total. The van der Waals surface area contributed by atoms with Gasteiger partial charge in [-0.15, -0.1) is 0 Å². The van der Waals surface area contributed by atoms with E-state index in [1.54, 1.807) is 0 Å². The fraction of sp³-hybridized carbons (Fsp3) is 0.143. The van der Waals surface area contributed by atoms with E-state index in [-0.39, 0.29) is 0 Å². The predicted octanol–water partition coefficient (Wildman–Crippen LogP) is 7.63. The molecule has 0 amide bonds. The number of alkyl halides is 2. The summed E-state index contributed by atoms with van der Waals surface area (Å²) in [5.41, 5.74) is 5.15. The van der Waals surface area contributed by atoms with Gasteiger partial charge in [0.1, 0.15) is 0 Å². The van der Waals surface area contributed by atoms with Gasteiger partial charge in [-0.1, -0.05) is 144 Å². The van der Waals surface area contributed by atoms with Gasteiger partial charge in [0.25, 0.3) is 8.41 Å². The lowest BCUT2D eigenvalue weighted by molar-refractivity contribution is 0.568. The van der Waals surface area contributed by atoms with Crippen molar-refractivity contribution in [3.63, 3.8) is 0 Å². The molecule has 4 aromatic rings. The molecule has 0 aliphatic rings. The molecule has 32 heavy (non-hydrogen) atoms. The van der Waals surface area contributed by atoms with Gasteiger partial charge in [0.2, 0.25) is 0 Å². The van der Waals surface area contributed by atoms with E-state index in [0.29, 0.717) is 0 Å². The van der Waals surface area contributed by atoms with Crippen LogP contribution in [0.15, 0.2) is 109 Å². The van der Waals surface area contributed by atoms with Crippen LogP contribution >= 0.6 is 23.2 Å². The number of aryl methyl sites for hydroxylation is 2. The highest BCUT2D eigenvalue weighted by Crippen LogP contribution is 2.54. The first-order valence-corrected chi connectivity index (χ1v) is 12.3. The lowest BCUT2D eigenvalue weighted by Crippen LogP contribution is -2.44. The summed E-state index contributed by atoms with van der Waals surface area (Å²) >= 11 is 13.0. The van der Waals surface area contributed by atoms with Crippen LogP contribution in [0.2, 0.25) is 0 Å². The molecule has 0 aliphatic carbocycles. The van der Waals surface area contributed by atoms with Crippen molar-refractivity contribution in [2.75, 3.05) is 0 Å². The maximum atomic E-state index is 14.7. The van der Waals surface area contributed by atoms with E-state index in [1.807, 2.05) is 123 Å². The zero-order valence-electron chi connectivity index (χ0n) is 18.0. The first-order valence-electron chi connectivity index (χ1n) is 10.4. The Kier molecular flexibility index (Phi) is 6.69. The Bertz CT molecular complexity index is 1070. The molecule has 0 bridgehead atoms. The van der Waals surface area contributed by atoms with Crippen LogP contribution < -0.4 is 0 Å². The smallest absolute Gasteiger partial charge is 0.251 e. The zero-order valence-corrected chi connectivity index (χ0v) is 20.3. The fourth-order valence-electron chi connectivity index (χ4n) is 3.80. The first kappa shape index (κ1) is 22.9. The number of rotatable bonds is 6. The Morgan fingerprint density at radius 2 is 0.781 bits per heavy atom. The molecular weight excluding hydrogens is 455 g/mol. The molecule has 2 unspecified atom stereocenters. The maximum Gasteiger partial charge on any atom is 0.251 e. The third-order valence-corrected chi connectivity index (χ3v) is 9.33. The molecule has 0 spiro atoms. The third kappa shape index (κ3) is 4.09. The number of benzene rings is 4. The van der Waals surface area contributed by atoms with Crippen LogP contribution in [0.5, 0.6) is 0 Å². The van der Waals surface area contributed by atoms with Crippen LogP contribution in [0.1, 0.15) is 33.4 Å². The van der Waals surface area contributed by atoms with Crippen molar-refractivity contribution in [2.24, 2.45) is 0 Å². The molecule has 0 heterocycles. The average molecular weight is 479 g/mol. The van der Waals surface area contributed by atoms with Crippen molar-refractivity contribution in [1.82, 2.24) is 0 Å². The molecular formula is C28H24Cl2OS. The normalized spacial score (nSPS) is 16.0. The molecule has 4 aromatic carbocycles. The zero-order chi connectivity index (χ0) is 22.8. The lowest BCUT2D eigenvalue weighted by Gasteiger charge is -2.40. The molecule has 4 heteroatoms. The minimum absolute atomic E-state index is 0.733. The second kappa shape index (κ2) is 9.33. The summed E-state index contributed by atoms with van der Waals surface area (Å²) in [7, 11) is 0. The second-order valence-corrected chi connectivity index (χ2v) is 11.3. The average Bonchev–Trinajstić information content (AvgIpc) is 2.84. The summed E-state index contributed by atoms with van der Waals surface area (Å²) in [6.45, 7) is 4.03. The molecule has 0 saturated carbocycles. The van der Waals surface area contributed by atoms with Gasteiger partial charge in [0.15, 0.2) is 0 Å². The Labute approximate surface area is 203 Å². The van der Waals surface area contributed by atoms with Crippen molar-refractivity contribution in [3.05, 3.63) is 143 Å². The van der Waals surface area contributed by atoms with Crippen molar-refractivity contribution >= 4 is 34.4 Å². The summed E-state index contributed by atoms with van der Waals surface area (Å²) in [5, 5.41) is 0. The Hall–Kier alpha value is -2.23. The molecule has 0 fully saturated rings. The van der Waals surface area contributed by atoms with Crippen LogP contribution in [-0.2, 0) is 19.6 Å². The molecule has 0 aromatic heterocycles. The third-order valence-electron chi connectivity index (χ3n) is 5.65. The van der Waals surface area contributed by atoms with Crippen LogP contribution in [0.3, 0.4) is 0 Å². The van der Waals surface area contributed by atoms with Crippen molar-refractivity contribution in [3.8, 4) is 0 Å². The van der Waals surface area contributed by atoms with Crippen molar-refractivity contribution in [2.45, 2.75) is 22.3 Å². The van der Waals surface area contributed by atoms with Crippen molar-refractivity contribution < 1.29 is 4.55 Å². The van der Waals surface area contributed by atoms with Gasteiger partial charge >= 0.3 is 0 Å². The number of halogens is 2. The van der Waals surface area contributed by atoms with Gasteiger partial charge in [-0.2, -0.15) is 0 Å². The Balaban J connectivity index is 1.98. The van der Waals surface area contributed by atoms with Gasteiger partial charge in [0, 0.05) is 33.4 Å². The highest BCUT2D eigenvalue weighted by atomic mass is 35.5. The summed E-state index contributed by atoms with van der Waals surface area (Å²) in [5.74, 6) is 0. The molecule has 0 aliphatic heterocycles. The molecule has 2 atom stereocenters. The van der Waals surface area contributed by atoms with E-state index in [2.05, 4.69) is 0 Å². The summed E-state index contributed by atoms with van der Waals surface area (Å²) in [6.07, 6.45) is 0. The van der Waals surface area contributed by atoms with Gasteiger partial charge in [0.05, 0.1) is 0 Å². The van der Waals surface area contributed by atoms with E-state index >= 15 is 0 Å². The fourth-order valence-corrected chi connectivity index (χ4v) is 6.90. The van der Waals surface area contributed by atoms with Crippen LogP contribution in [0, 0.1) is 13.8 Å². The van der Waals surface area contributed by atoms with Gasteiger partial charge in [-0.05, 0) is 13.8 Å². The van der Waals surface area contributed by atoms with E-state index in [4.69, 9.17) is 23.2 Å². The molecule has 162 valence electrons. The van der Waals surface area contributed by atoms with E-state index in [1.165, 1.54) is 0 Å². The predicted molar refractivity (Wildman–Crippen MR) is 137 cm³/mol. The van der Waals surface area contributed by atoms with E-state index < -0.39 is 19.6 Å². The quantitative estimate of drug-likeness (QED) is 0.206. The summed E-state index contributed by atoms with van der Waals surface area (Å²) < 4.78 is 12.0. The molecule has 0 radical (unpaired) electrons. The largest absolute Gasteiger partial charge is 0.613 e. The van der Waals surface area contributed by atoms with Crippen LogP contribution in [0.4, 0.5) is 0 Å². The van der Waals surface area contributed by atoms with E-state index in [9.17, 15) is 4.55 Å². The maximum absolute atomic E-state index is 14.7. The van der Waals surface area contributed by atoms with Gasteiger partial charge in [-0.25, -0.2) is 0 Å². The Morgan fingerprint density at radius 3 is 1.09 bits per heavy atom. The minimum atomic E-state index is -1.81. The monoisotopic (exact) mass is 478 g/mol. The molecule has 4 rings (SSSR count). The van der Waals surface area contributed by atoms with Crippen LogP contribution in [-0.4, -0.2) is 4.55 Å². The van der Waals surface area contributed by atoms with Gasteiger partial charge < -0.3 is 4.55 Å². The van der Waals surface area contributed by atoms with Crippen LogP contribution in [0.25, 0.3) is 0 Å². The SMILES string of the molecule is Cc1ccc(C(Cl)(c2ccccc2)[S+]([O-])C(Cl)(c2ccccc2)c2ccc(C)cc2)cc1. The molecule has 0 saturated heterocycles. The van der Waals surface area contributed by atoms with E-state index in [0.717, 1.165) is 33.4 Å². The standard InChI is InChI=1S/C28H24Cl2OS/c1-21-13-17-25(18-14-21)27(29,23-9-5-3-6-10-23)32(31)28(30,24-11-7-4-8-12-24)26-19-15-22(2)16-20-26/h3-20H,1-2H3. The van der Waals surface area contributed by atoms with Gasteiger partial charge in [-0.3, -0.25) is 0 Å². The number of hydrogen-bond donors (Lipinski definition) is 0. The highest BCUT2D eigenvalue weighted by molar-refractivity contribution is 7.96. The topological polar surface area (TPSA) is 23.1 Å². The lowest BCUT2D eigenvalue weighted by atomic mass is 10.0. The first-order chi connectivity index (χ1) is 15.4. The second-order valence-electron chi connectivity index (χ2n) is 7.92. The molecule has 0 N–H and O–H groups in total. The highest BCUT2D eigenvalue weighted by Gasteiger charge is 2.57. The van der Waals surface area contributed by atoms with Crippen molar-refractivity contribution in [1.29, 1.82) is 0 Å². The summed E-state index contributed by atoms with van der Waals surface area (Å²) in [4.78, 5) is 0. The number of hydrogen-bond acceptors (Lipinski definition) is 1. The summed E-state index contributed by atoms with van der Waals surface area (Å²) in [6, 6.07) is 34.8. The minimum Gasteiger partial charge on any atom is -0.613 e.